The lowest BCUT2D eigenvalue weighted by Gasteiger charge is -2.34. The summed E-state index contributed by atoms with van der Waals surface area (Å²) in [6.07, 6.45) is 9.44. The van der Waals surface area contributed by atoms with Crippen LogP contribution < -0.4 is 5.32 Å². The van der Waals surface area contributed by atoms with E-state index in [1.165, 1.54) is 56.0 Å². The minimum Gasteiger partial charge on any atom is -0.507 e. The van der Waals surface area contributed by atoms with Gasteiger partial charge in [-0.05, 0) is 87.6 Å². The zero-order chi connectivity index (χ0) is 20.5. The zero-order valence-corrected chi connectivity index (χ0v) is 17.4. The highest BCUT2D eigenvalue weighted by Gasteiger charge is 2.29. The van der Waals surface area contributed by atoms with Crippen molar-refractivity contribution in [3.8, 4) is 23.1 Å². The van der Waals surface area contributed by atoms with Crippen molar-refractivity contribution in [2.75, 3.05) is 25.0 Å². The molecule has 0 bridgehead atoms. The third-order valence-electron chi connectivity index (χ3n) is 6.73. The molecule has 5 rings (SSSR count). The van der Waals surface area contributed by atoms with Crippen molar-refractivity contribution in [3.63, 3.8) is 0 Å². The molecule has 1 saturated heterocycles. The lowest BCUT2D eigenvalue weighted by atomic mass is 9.88. The maximum atomic E-state index is 10.5. The molecule has 1 saturated carbocycles. The van der Waals surface area contributed by atoms with Gasteiger partial charge in [-0.2, -0.15) is 5.26 Å². The average molecular weight is 404 g/mol. The second-order valence-electron chi connectivity index (χ2n) is 9.09. The highest BCUT2D eigenvalue weighted by molar-refractivity contribution is 5.73. The van der Waals surface area contributed by atoms with Crippen LogP contribution in [0.2, 0.25) is 0 Å². The van der Waals surface area contributed by atoms with Crippen LogP contribution in [0.5, 0.6) is 5.75 Å². The SMILES string of the molecule is N#Cc1ccc(-c2nnc(N[C@@H]3CCCN(CC4CC4)C3)c3c2CCCC3)c(O)c1. The van der Waals surface area contributed by atoms with Crippen LogP contribution in [0.25, 0.3) is 11.3 Å². The summed E-state index contributed by atoms with van der Waals surface area (Å²) in [6.45, 7) is 3.55. The minimum atomic E-state index is 0.0971. The summed E-state index contributed by atoms with van der Waals surface area (Å²) in [5.41, 5.74) is 4.33. The summed E-state index contributed by atoms with van der Waals surface area (Å²) in [6, 6.07) is 7.52. The van der Waals surface area contributed by atoms with E-state index in [2.05, 4.69) is 26.5 Å². The topological polar surface area (TPSA) is 85.1 Å². The average Bonchev–Trinajstić information content (AvgIpc) is 3.58. The van der Waals surface area contributed by atoms with Crippen LogP contribution in [0, 0.1) is 17.2 Å². The van der Waals surface area contributed by atoms with E-state index in [0.29, 0.717) is 17.2 Å². The first-order chi connectivity index (χ1) is 14.7. The number of aromatic nitrogens is 2. The van der Waals surface area contributed by atoms with Crippen molar-refractivity contribution >= 4 is 5.82 Å². The fourth-order valence-corrected chi connectivity index (χ4v) is 4.98. The standard InChI is InChI=1S/C24H29N5O/c25-13-17-9-10-21(22(30)12-17)23-19-5-1-2-6-20(19)24(28-27-23)26-18-4-3-11-29(15-18)14-16-7-8-16/h9-10,12,16,18,30H,1-8,11,14-15H2,(H,26,28)/t18-/m1/s1. The van der Waals surface area contributed by atoms with E-state index in [4.69, 9.17) is 5.26 Å². The minimum absolute atomic E-state index is 0.0971. The number of anilines is 1. The predicted molar refractivity (Wildman–Crippen MR) is 116 cm³/mol. The summed E-state index contributed by atoms with van der Waals surface area (Å²) in [5, 5.41) is 32.4. The monoisotopic (exact) mass is 403 g/mol. The Morgan fingerprint density at radius 1 is 1.10 bits per heavy atom. The highest BCUT2D eigenvalue weighted by atomic mass is 16.3. The van der Waals surface area contributed by atoms with Crippen LogP contribution in [0.15, 0.2) is 18.2 Å². The number of piperidine rings is 1. The molecule has 6 nitrogen and oxygen atoms in total. The van der Waals surface area contributed by atoms with Gasteiger partial charge < -0.3 is 15.3 Å². The van der Waals surface area contributed by atoms with Gasteiger partial charge in [-0.15, -0.1) is 10.2 Å². The molecule has 0 unspecified atom stereocenters. The Morgan fingerprint density at radius 3 is 2.70 bits per heavy atom. The molecule has 1 aromatic heterocycles. The first-order valence-corrected chi connectivity index (χ1v) is 11.3. The van der Waals surface area contributed by atoms with Gasteiger partial charge >= 0.3 is 0 Å². The summed E-state index contributed by atoms with van der Waals surface area (Å²) < 4.78 is 0. The number of fused-ring (bicyclic) bond motifs is 1. The Kier molecular flexibility index (Phi) is 5.30. The van der Waals surface area contributed by atoms with Gasteiger partial charge in [0.15, 0.2) is 5.82 Å². The maximum absolute atomic E-state index is 10.5. The normalized spacial score (nSPS) is 21.6. The van der Waals surface area contributed by atoms with Crippen LogP contribution in [-0.2, 0) is 12.8 Å². The van der Waals surface area contributed by atoms with Crippen LogP contribution in [-0.4, -0.2) is 45.9 Å². The number of phenolic OH excluding ortho intramolecular Hbond substituents is 1. The molecule has 2 aromatic rings. The maximum Gasteiger partial charge on any atom is 0.152 e. The molecule has 3 aliphatic rings. The molecule has 1 atom stereocenters. The predicted octanol–water partition coefficient (Wildman–Crippen LogP) is 3.89. The van der Waals surface area contributed by atoms with Crippen molar-refractivity contribution in [3.05, 3.63) is 34.9 Å². The molecule has 156 valence electrons. The van der Waals surface area contributed by atoms with E-state index in [1.807, 2.05) is 0 Å². The second-order valence-corrected chi connectivity index (χ2v) is 9.09. The van der Waals surface area contributed by atoms with E-state index in [1.54, 1.807) is 12.1 Å². The smallest absolute Gasteiger partial charge is 0.152 e. The highest BCUT2D eigenvalue weighted by Crippen LogP contribution is 2.37. The molecule has 2 heterocycles. The Hall–Kier alpha value is -2.65. The van der Waals surface area contributed by atoms with Gasteiger partial charge in [-0.3, -0.25) is 0 Å². The van der Waals surface area contributed by atoms with E-state index in [9.17, 15) is 5.11 Å². The van der Waals surface area contributed by atoms with E-state index in [-0.39, 0.29) is 5.75 Å². The molecule has 2 N–H and O–H groups in total. The number of hydrogen-bond acceptors (Lipinski definition) is 6. The second kappa shape index (κ2) is 8.23. The van der Waals surface area contributed by atoms with Gasteiger partial charge in [-0.1, -0.05) is 0 Å². The molecular weight excluding hydrogens is 374 g/mol. The summed E-state index contributed by atoms with van der Waals surface area (Å²) in [7, 11) is 0. The first-order valence-electron chi connectivity index (χ1n) is 11.3. The Labute approximate surface area is 177 Å². The van der Waals surface area contributed by atoms with Crippen LogP contribution in [0.3, 0.4) is 0 Å². The third kappa shape index (κ3) is 3.99. The van der Waals surface area contributed by atoms with Crippen LogP contribution >= 0.6 is 0 Å². The summed E-state index contributed by atoms with van der Waals surface area (Å²) >= 11 is 0. The fraction of sp³-hybridized carbons (Fsp3) is 0.542. The fourth-order valence-electron chi connectivity index (χ4n) is 4.98. The van der Waals surface area contributed by atoms with Gasteiger partial charge in [0.2, 0.25) is 0 Å². The molecule has 1 aliphatic heterocycles. The molecule has 2 fully saturated rings. The number of nitrogens with zero attached hydrogens (tertiary/aromatic N) is 4. The Balaban J connectivity index is 1.41. The molecule has 1 aromatic carbocycles. The zero-order valence-electron chi connectivity index (χ0n) is 17.4. The number of nitrogens with one attached hydrogen (secondary N) is 1. The van der Waals surface area contributed by atoms with Crippen LogP contribution in [0.4, 0.5) is 5.82 Å². The number of benzene rings is 1. The van der Waals surface area contributed by atoms with E-state index >= 15 is 0 Å². The molecule has 0 amide bonds. The van der Waals surface area contributed by atoms with Crippen molar-refractivity contribution in [2.45, 2.75) is 57.4 Å². The largest absolute Gasteiger partial charge is 0.507 e. The molecular formula is C24H29N5O. The third-order valence-corrected chi connectivity index (χ3v) is 6.73. The lowest BCUT2D eigenvalue weighted by molar-refractivity contribution is 0.208. The van der Waals surface area contributed by atoms with Gasteiger partial charge in [0.25, 0.3) is 0 Å². The molecule has 0 spiro atoms. The quantitative estimate of drug-likeness (QED) is 0.788. The number of aromatic hydroxyl groups is 1. The molecule has 30 heavy (non-hydrogen) atoms. The Bertz CT molecular complexity index is 978. The summed E-state index contributed by atoms with van der Waals surface area (Å²) in [5.74, 6) is 1.95. The van der Waals surface area contributed by atoms with Gasteiger partial charge in [0.05, 0.1) is 11.6 Å². The summed E-state index contributed by atoms with van der Waals surface area (Å²) in [4.78, 5) is 2.61. The number of nitriles is 1. The molecule has 6 heteroatoms. The van der Waals surface area contributed by atoms with Gasteiger partial charge in [0, 0.05) is 30.3 Å². The Morgan fingerprint density at radius 2 is 1.93 bits per heavy atom. The van der Waals surface area contributed by atoms with E-state index < -0.39 is 0 Å². The van der Waals surface area contributed by atoms with Crippen molar-refractivity contribution in [1.29, 1.82) is 5.26 Å². The van der Waals surface area contributed by atoms with Gasteiger partial charge in [-0.25, -0.2) is 0 Å². The van der Waals surface area contributed by atoms with Gasteiger partial charge in [0.1, 0.15) is 11.4 Å². The molecule has 0 radical (unpaired) electrons. The number of hydrogen-bond donors (Lipinski definition) is 2. The van der Waals surface area contributed by atoms with Crippen LogP contribution in [0.1, 0.15) is 55.2 Å². The number of rotatable bonds is 5. The van der Waals surface area contributed by atoms with Crippen molar-refractivity contribution in [1.82, 2.24) is 15.1 Å². The van der Waals surface area contributed by atoms with Crippen molar-refractivity contribution < 1.29 is 5.11 Å². The lowest BCUT2D eigenvalue weighted by Crippen LogP contribution is -2.43. The number of phenols is 1. The molecule has 2 aliphatic carbocycles. The first kappa shape index (κ1) is 19.3. The van der Waals surface area contributed by atoms with E-state index in [0.717, 1.165) is 49.7 Å². The van der Waals surface area contributed by atoms with Crippen molar-refractivity contribution in [2.24, 2.45) is 5.92 Å². The number of likely N-dealkylation sites (tertiary alicyclic amines) is 1.